The van der Waals surface area contributed by atoms with E-state index in [1.165, 1.54) is 0 Å². The van der Waals surface area contributed by atoms with Gasteiger partial charge in [0.05, 0.1) is 5.52 Å². The maximum Gasteiger partial charge on any atom is 0.181 e. The van der Waals surface area contributed by atoms with Gasteiger partial charge in [0, 0.05) is 28.8 Å². The third-order valence-electron chi connectivity index (χ3n) is 3.71. The third-order valence-corrected chi connectivity index (χ3v) is 3.71. The molecule has 2 heterocycles. The first-order valence-corrected chi connectivity index (χ1v) is 7.40. The molecule has 0 unspecified atom stereocenters. The van der Waals surface area contributed by atoms with Crippen LogP contribution in [-0.2, 0) is 6.42 Å². The van der Waals surface area contributed by atoms with E-state index in [0.29, 0.717) is 12.2 Å². The number of nitrogens with zero attached hydrogens (tertiary/aromatic N) is 3. The van der Waals surface area contributed by atoms with Gasteiger partial charge in [0.25, 0.3) is 0 Å². The Kier molecular flexibility index (Phi) is 3.24. The van der Waals surface area contributed by atoms with Crippen molar-refractivity contribution in [3.63, 3.8) is 0 Å². The van der Waals surface area contributed by atoms with E-state index < -0.39 is 0 Å². The molecule has 5 nitrogen and oxygen atoms in total. The molecule has 0 saturated carbocycles. The Hall–Kier alpha value is -3.21. The zero-order valence-electron chi connectivity index (χ0n) is 12.4. The van der Waals surface area contributed by atoms with Crippen molar-refractivity contribution in [3.05, 3.63) is 72.2 Å². The maximum atomic E-state index is 5.70. The number of H-pyrrole nitrogens is 1. The minimum Gasteiger partial charge on any atom is -0.399 e. The number of anilines is 1. The first kappa shape index (κ1) is 13.5. The summed E-state index contributed by atoms with van der Waals surface area (Å²) < 4.78 is 0. The predicted molar refractivity (Wildman–Crippen MR) is 90.8 cm³/mol. The SMILES string of the molecule is Nc1ccc(-c2n[nH]c(Cc3ccc4ccccc4n3)n2)cc1. The highest BCUT2D eigenvalue weighted by atomic mass is 15.2. The summed E-state index contributed by atoms with van der Waals surface area (Å²) in [6.07, 6.45) is 0.618. The molecule has 2 aromatic heterocycles. The van der Waals surface area contributed by atoms with Crippen LogP contribution in [0.2, 0.25) is 0 Å². The third kappa shape index (κ3) is 2.76. The molecule has 2 aromatic carbocycles. The summed E-state index contributed by atoms with van der Waals surface area (Å²) in [5, 5.41) is 8.39. The minimum atomic E-state index is 0.618. The second-order valence-corrected chi connectivity index (χ2v) is 5.40. The minimum absolute atomic E-state index is 0.618. The van der Waals surface area contributed by atoms with Crippen LogP contribution in [0.1, 0.15) is 11.5 Å². The van der Waals surface area contributed by atoms with Gasteiger partial charge in [0.2, 0.25) is 0 Å². The lowest BCUT2D eigenvalue weighted by Gasteiger charge is -2.00. The highest BCUT2D eigenvalue weighted by Crippen LogP contribution is 2.18. The molecule has 0 amide bonds. The number of nitrogen functional groups attached to an aromatic ring is 1. The molecule has 0 radical (unpaired) electrons. The summed E-state index contributed by atoms with van der Waals surface area (Å²) in [6, 6.07) is 19.7. The van der Waals surface area contributed by atoms with Crippen molar-refractivity contribution >= 4 is 16.6 Å². The zero-order valence-corrected chi connectivity index (χ0v) is 12.4. The van der Waals surface area contributed by atoms with Gasteiger partial charge in [0.1, 0.15) is 5.82 Å². The summed E-state index contributed by atoms with van der Waals surface area (Å²) in [6.45, 7) is 0. The van der Waals surface area contributed by atoms with Crippen LogP contribution in [0.5, 0.6) is 0 Å². The second-order valence-electron chi connectivity index (χ2n) is 5.40. The van der Waals surface area contributed by atoms with Crippen LogP contribution in [0.25, 0.3) is 22.3 Å². The Morgan fingerprint density at radius 2 is 1.70 bits per heavy atom. The Labute approximate surface area is 133 Å². The van der Waals surface area contributed by atoms with Gasteiger partial charge in [-0.3, -0.25) is 10.1 Å². The van der Waals surface area contributed by atoms with Crippen molar-refractivity contribution in [2.45, 2.75) is 6.42 Å². The number of benzene rings is 2. The van der Waals surface area contributed by atoms with Crippen molar-refractivity contribution in [3.8, 4) is 11.4 Å². The van der Waals surface area contributed by atoms with Crippen molar-refractivity contribution in [1.29, 1.82) is 0 Å². The number of nitrogens with one attached hydrogen (secondary N) is 1. The van der Waals surface area contributed by atoms with Crippen LogP contribution in [0.3, 0.4) is 0 Å². The maximum absolute atomic E-state index is 5.70. The first-order valence-electron chi connectivity index (χ1n) is 7.40. The molecule has 0 aliphatic carbocycles. The van der Waals surface area contributed by atoms with Crippen molar-refractivity contribution in [1.82, 2.24) is 20.2 Å². The normalized spacial score (nSPS) is 11.0. The number of pyridine rings is 1. The summed E-state index contributed by atoms with van der Waals surface area (Å²) in [4.78, 5) is 9.20. The number of rotatable bonds is 3. The molecule has 3 N–H and O–H groups in total. The molecule has 0 saturated heterocycles. The van der Waals surface area contributed by atoms with Gasteiger partial charge >= 0.3 is 0 Å². The fourth-order valence-electron chi connectivity index (χ4n) is 2.51. The number of para-hydroxylation sites is 1. The molecule has 0 atom stereocenters. The van der Waals surface area contributed by atoms with E-state index in [2.05, 4.69) is 32.3 Å². The highest BCUT2D eigenvalue weighted by molar-refractivity contribution is 5.78. The van der Waals surface area contributed by atoms with E-state index in [1.54, 1.807) is 0 Å². The molecule has 0 bridgehead atoms. The largest absolute Gasteiger partial charge is 0.399 e. The standard InChI is InChI=1S/C18H15N5/c19-14-8-5-13(6-9-14)18-21-17(22-23-18)11-15-10-7-12-3-1-2-4-16(12)20-15/h1-10H,11,19H2,(H,21,22,23). The van der Waals surface area contributed by atoms with E-state index in [1.807, 2.05) is 48.5 Å². The van der Waals surface area contributed by atoms with Crippen molar-refractivity contribution in [2.24, 2.45) is 0 Å². The zero-order chi connectivity index (χ0) is 15.6. The first-order chi connectivity index (χ1) is 11.3. The number of aromatic nitrogens is 4. The Morgan fingerprint density at radius 1 is 0.870 bits per heavy atom. The lowest BCUT2D eigenvalue weighted by molar-refractivity contribution is 0.948. The van der Waals surface area contributed by atoms with Gasteiger partial charge in [-0.1, -0.05) is 24.3 Å². The molecular weight excluding hydrogens is 286 g/mol. The molecule has 112 valence electrons. The Bertz CT molecular complexity index is 956. The number of aromatic amines is 1. The summed E-state index contributed by atoms with van der Waals surface area (Å²) >= 11 is 0. The number of hydrogen-bond acceptors (Lipinski definition) is 4. The van der Waals surface area contributed by atoms with Gasteiger partial charge < -0.3 is 5.73 Å². The molecule has 4 rings (SSSR count). The lowest BCUT2D eigenvalue weighted by atomic mass is 10.2. The molecule has 0 aliphatic rings. The molecule has 0 fully saturated rings. The average Bonchev–Trinajstić information content (AvgIpc) is 3.04. The van der Waals surface area contributed by atoms with Gasteiger partial charge in [-0.25, -0.2) is 4.98 Å². The fourth-order valence-corrected chi connectivity index (χ4v) is 2.51. The molecule has 0 spiro atoms. The molecule has 0 aliphatic heterocycles. The van der Waals surface area contributed by atoms with Crippen LogP contribution >= 0.6 is 0 Å². The molecule has 23 heavy (non-hydrogen) atoms. The van der Waals surface area contributed by atoms with Crippen LogP contribution < -0.4 is 5.73 Å². The summed E-state index contributed by atoms with van der Waals surface area (Å²) in [5.74, 6) is 1.46. The molecule has 4 aromatic rings. The second kappa shape index (κ2) is 5.53. The topological polar surface area (TPSA) is 80.5 Å². The average molecular weight is 301 g/mol. The Balaban J connectivity index is 1.60. The van der Waals surface area contributed by atoms with Crippen LogP contribution in [-0.4, -0.2) is 20.2 Å². The predicted octanol–water partition coefficient (Wildman–Crippen LogP) is 3.19. The number of hydrogen-bond donors (Lipinski definition) is 2. The number of fused-ring (bicyclic) bond motifs is 1. The smallest absolute Gasteiger partial charge is 0.181 e. The Morgan fingerprint density at radius 3 is 2.57 bits per heavy atom. The highest BCUT2D eigenvalue weighted by Gasteiger charge is 2.07. The van der Waals surface area contributed by atoms with Gasteiger partial charge in [0.15, 0.2) is 5.82 Å². The van der Waals surface area contributed by atoms with E-state index in [9.17, 15) is 0 Å². The summed E-state index contributed by atoms with van der Waals surface area (Å²) in [5.41, 5.74) is 9.32. The quantitative estimate of drug-likeness (QED) is 0.569. The van der Waals surface area contributed by atoms with Crippen LogP contribution in [0.4, 0.5) is 5.69 Å². The van der Waals surface area contributed by atoms with E-state index >= 15 is 0 Å². The van der Waals surface area contributed by atoms with Crippen LogP contribution in [0, 0.1) is 0 Å². The lowest BCUT2D eigenvalue weighted by Crippen LogP contribution is -1.94. The van der Waals surface area contributed by atoms with Gasteiger partial charge in [-0.15, -0.1) is 0 Å². The number of nitrogens with two attached hydrogens (primary N) is 1. The molecular formula is C18H15N5. The van der Waals surface area contributed by atoms with Gasteiger partial charge in [-0.2, -0.15) is 5.10 Å². The van der Waals surface area contributed by atoms with Crippen molar-refractivity contribution in [2.75, 3.05) is 5.73 Å². The van der Waals surface area contributed by atoms with Crippen molar-refractivity contribution < 1.29 is 0 Å². The molecule has 5 heteroatoms. The fraction of sp³-hybridized carbons (Fsp3) is 0.0556. The summed E-state index contributed by atoms with van der Waals surface area (Å²) in [7, 11) is 0. The van der Waals surface area contributed by atoms with E-state index in [0.717, 1.165) is 33.7 Å². The monoisotopic (exact) mass is 301 g/mol. The van der Waals surface area contributed by atoms with Crippen LogP contribution in [0.15, 0.2) is 60.7 Å². The van der Waals surface area contributed by atoms with Gasteiger partial charge in [-0.05, 0) is 36.4 Å². The van der Waals surface area contributed by atoms with E-state index in [-0.39, 0.29) is 0 Å². The van der Waals surface area contributed by atoms with E-state index in [4.69, 9.17) is 5.73 Å².